The Morgan fingerprint density at radius 3 is 0.517 bits per heavy atom. The van der Waals surface area contributed by atoms with Gasteiger partial charge in [-0.3, -0.25) is 0 Å². The average molecular weight is 508 g/mol. The van der Waals surface area contributed by atoms with E-state index < -0.39 is 47.8 Å². The quantitative estimate of drug-likeness (QED) is 0.127. The fraction of sp³-hybridized carbons (Fsp3) is 0.333. The first kappa shape index (κ1) is 36.4. The molecule has 0 atom stereocenters. The minimum absolute atomic E-state index is 0. The summed E-state index contributed by atoms with van der Waals surface area (Å²) < 4.78 is 14.8. The molecule has 17 heteroatoms. The van der Waals surface area contributed by atoms with Gasteiger partial charge in [0.05, 0.1) is 28.4 Å². The zero-order valence-electron chi connectivity index (χ0n) is 14.9. The van der Waals surface area contributed by atoms with Gasteiger partial charge in [-0.1, -0.05) is 0 Å². The van der Waals surface area contributed by atoms with Crippen LogP contribution in [-0.4, -0.2) is 76.2 Å². The molecule has 0 saturated heterocycles. The van der Waals surface area contributed by atoms with Crippen LogP contribution in [0.1, 0.15) is 0 Å². The smallest absolute Gasteiger partial charge is 0.539 e. The number of carbonyl (C=O) groups is 8. The second-order valence-corrected chi connectivity index (χ2v) is 3.12. The third-order valence-electron chi connectivity index (χ3n) is 1.41. The Morgan fingerprint density at radius 1 is 0.414 bits per heavy atom. The van der Waals surface area contributed by atoms with Gasteiger partial charge in [0.15, 0.2) is 23.9 Å². The summed E-state index contributed by atoms with van der Waals surface area (Å²) in [5.41, 5.74) is 0. The van der Waals surface area contributed by atoms with Gasteiger partial charge in [0.1, 0.15) is 0 Å². The summed E-state index contributed by atoms with van der Waals surface area (Å²) in [6.45, 7) is 0. The Balaban J connectivity index is -0.0000000873. The second kappa shape index (κ2) is 22.5. The first-order chi connectivity index (χ1) is 12.7. The van der Waals surface area contributed by atoms with Gasteiger partial charge < -0.3 is 58.6 Å². The number of ether oxygens (including phenoxy) is 4. The fourth-order valence-electron chi connectivity index (χ4n) is 0.333. The van der Waals surface area contributed by atoms with Crippen LogP contribution in [-0.2, 0) is 78.4 Å². The van der Waals surface area contributed by atoms with Crippen molar-refractivity contribution >= 4 is 47.8 Å². The van der Waals surface area contributed by atoms with E-state index in [2.05, 4.69) is 18.9 Å². The van der Waals surface area contributed by atoms with Gasteiger partial charge in [-0.05, 0) is 0 Å². The van der Waals surface area contributed by atoms with E-state index in [4.69, 9.17) is 0 Å². The van der Waals surface area contributed by atoms with Crippen molar-refractivity contribution in [2.45, 2.75) is 0 Å². The van der Waals surface area contributed by atoms with Crippen LogP contribution in [0, 0.1) is 0 Å². The van der Waals surface area contributed by atoms with Gasteiger partial charge in [-0.2, -0.15) is 0 Å². The number of carbonyl (C=O) groups excluding carboxylic acids is 8. The summed E-state index contributed by atoms with van der Waals surface area (Å²) in [6, 6.07) is 0. The zero-order chi connectivity index (χ0) is 23.4. The summed E-state index contributed by atoms with van der Waals surface area (Å²) >= 11 is 0. The number of rotatable bonds is 0. The topological polar surface area (TPSA) is 266 Å². The van der Waals surface area contributed by atoms with Crippen molar-refractivity contribution in [2.75, 3.05) is 28.4 Å². The molecule has 0 aliphatic carbocycles. The monoisotopic (exact) mass is 510 g/mol. The minimum Gasteiger partial charge on any atom is -0.539 e. The van der Waals surface area contributed by atoms with Gasteiger partial charge >= 0.3 is 44.9 Å². The van der Waals surface area contributed by atoms with E-state index in [0.717, 1.165) is 28.4 Å². The van der Waals surface area contributed by atoms with Gasteiger partial charge in [-0.25, -0.2) is 19.2 Å². The summed E-state index contributed by atoms with van der Waals surface area (Å²) in [5, 5.41) is 37.4. The Labute approximate surface area is 175 Å². The number of esters is 4. The Kier molecular flexibility index (Phi) is 28.2. The maximum absolute atomic E-state index is 9.63. The van der Waals surface area contributed by atoms with E-state index in [1.807, 2.05) is 0 Å². The first-order valence-electron chi connectivity index (χ1n) is 5.90. The predicted molar refractivity (Wildman–Crippen MR) is 68.1 cm³/mol. The van der Waals surface area contributed by atoms with Crippen molar-refractivity contribution in [3.63, 3.8) is 0 Å². The predicted octanol–water partition coefficient (Wildman–Crippen LogP) is -8.37. The number of carboxylic acid groups (broad SMARTS) is 4. The molecule has 0 bridgehead atoms. The number of hydrogen-bond acceptors (Lipinski definition) is 16. The van der Waals surface area contributed by atoms with Crippen LogP contribution in [0.15, 0.2) is 0 Å². The van der Waals surface area contributed by atoms with Crippen molar-refractivity contribution in [3.05, 3.63) is 0 Å². The van der Waals surface area contributed by atoms with Crippen LogP contribution in [0.5, 0.6) is 0 Å². The molecule has 0 aliphatic heterocycles. The van der Waals surface area contributed by atoms with Crippen LogP contribution in [0.4, 0.5) is 0 Å². The van der Waals surface area contributed by atoms with Crippen molar-refractivity contribution in [3.8, 4) is 0 Å². The van der Waals surface area contributed by atoms with E-state index in [9.17, 15) is 58.8 Å². The van der Waals surface area contributed by atoms with Crippen LogP contribution in [0.3, 0.4) is 0 Å². The van der Waals surface area contributed by atoms with Gasteiger partial charge in [0.2, 0.25) is 0 Å². The normalized spacial score (nSPS) is 7.31. The molecule has 0 unspecified atom stereocenters. The maximum Gasteiger partial charge on any atom is 4.00 e. The molecule has 0 aromatic rings. The molecule has 0 aromatic heterocycles. The summed E-state index contributed by atoms with van der Waals surface area (Å²) in [5.74, 6) is -12.7. The Morgan fingerprint density at radius 2 is 0.517 bits per heavy atom. The average Bonchev–Trinajstić information content (AvgIpc) is 2.66. The number of aliphatic carboxylic acids is 4. The molecule has 0 N–H and O–H groups in total. The van der Waals surface area contributed by atoms with Crippen molar-refractivity contribution in [1.29, 1.82) is 0 Å². The van der Waals surface area contributed by atoms with Gasteiger partial charge in [0, 0.05) is 0 Å². The maximum atomic E-state index is 9.63. The molecule has 0 rings (SSSR count). The summed E-state index contributed by atoms with van der Waals surface area (Å²) in [4.78, 5) is 75.9. The van der Waals surface area contributed by atoms with E-state index in [1.165, 1.54) is 0 Å². The minimum atomic E-state index is -1.82. The largest absolute Gasteiger partial charge is 4.00 e. The summed E-state index contributed by atoms with van der Waals surface area (Å²) in [6.07, 6.45) is 0. The molecule has 0 heterocycles. The molecule has 0 aromatic carbocycles. The molecule has 29 heavy (non-hydrogen) atoms. The number of methoxy groups -OCH3 is 4. The van der Waals surface area contributed by atoms with Crippen molar-refractivity contribution in [2.24, 2.45) is 0 Å². The van der Waals surface area contributed by atoms with Gasteiger partial charge in [0.25, 0.3) is 0 Å². The van der Waals surface area contributed by atoms with E-state index in [-0.39, 0.29) is 21.1 Å². The molecule has 0 spiro atoms. The first-order valence-corrected chi connectivity index (χ1v) is 5.90. The molecule has 0 fully saturated rings. The Bertz CT molecular complexity index is 491. The van der Waals surface area contributed by atoms with E-state index >= 15 is 0 Å². The van der Waals surface area contributed by atoms with E-state index in [1.54, 1.807) is 0 Å². The van der Waals surface area contributed by atoms with Gasteiger partial charge in [-0.15, -0.1) is 0 Å². The molecular formula is C12H12MoO16. The van der Waals surface area contributed by atoms with Crippen molar-refractivity contribution in [1.82, 2.24) is 0 Å². The standard InChI is InChI=1S/4C3H4O4.Mo/c4*1-7-3(6)2(4)5;/h4*1H3,(H,4,5);/q;;;;+4/p-4. The third-order valence-corrected chi connectivity index (χ3v) is 1.41. The Hall–Kier alpha value is -3.55. The van der Waals surface area contributed by atoms with E-state index in [0.29, 0.717) is 0 Å². The molecule has 16 nitrogen and oxygen atoms in total. The van der Waals surface area contributed by atoms with Crippen LogP contribution in [0.2, 0.25) is 0 Å². The molecule has 162 valence electrons. The number of hydrogen-bond donors (Lipinski definition) is 0. The van der Waals surface area contributed by atoms with Crippen molar-refractivity contribution < 1.29 is 98.8 Å². The molecule has 0 aliphatic rings. The second-order valence-electron chi connectivity index (χ2n) is 3.12. The molecular weight excluding hydrogens is 496 g/mol. The third kappa shape index (κ3) is 29.5. The fourth-order valence-corrected chi connectivity index (χ4v) is 0.333. The zero-order valence-corrected chi connectivity index (χ0v) is 16.9. The molecule has 0 saturated carbocycles. The summed E-state index contributed by atoms with van der Waals surface area (Å²) in [7, 11) is 3.88. The van der Waals surface area contributed by atoms with Crippen LogP contribution >= 0.6 is 0 Å². The van der Waals surface area contributed by atoms with Crippen LogP contribution < -0.4 is 20.4 Å². The van der Waals surface area contributed by atoms with Crippen LogP contribution in [0.25, 0.3) is 0 Å². The molecule has 0 radical (unpaired) electrons. The SMILES string of the molecule is COC(=O)C(=O)[O-].COC(=O)C(=O)[O-].COC(=O)C(=O)[O-].COC(=O)C(=O)[O-].[Mo+4]. The molecule has 0 amide bonds. The number of carboxylic acids is 4.